The van der Waals surface area contributed by atoms with Gasteiger partial charge in [-0.05, 0) is 31.5 Å². The Morgan fingerprint density at radius 3 is 2.71 bits per heavy atom. The van der Waals surface area contributed by atoms with Crippen molar-refractivity contribution in [2.24, 2.45) is 5.73 Å². The fourth-order valence-corrected chi connectivity index (χ4v) is 1.46. The Morgan fingerprint density at radius 2 is 2.06 bits per heavy atom. The van der Waals surface area contributed by atoms with E-state index in [0.29, 0.717) is 24.5 Å². The minimum absolute atomic E-state index is 0.253. The van der Waals surface area contributed by atoms with Gasteiger partial charge in [-0.2, -0.15) is 0 Å². The van der Waals surface area contributed by atoms with Gasteiger partial charge in [0.25, 0.3) is 0 Å². The molecule has 1 rings (SSSR count). The molecule has 96 valence electrons. The van der Waals surface area contributed by atoms with Gasteiger partial charge in [-0.1, -0.05) is 6.92 Å². The van der Waals surface area contributed by atoms with Crippen LogP contribution in [0.4, 0.5) is 4.39 Å². The molecule has 0 heterocycles. The maximum atomic E-state index is 13.1. The van der Waals surface area contributed by atoms with Crippen molar-refractivity contribution < 1.29 is 13.9 Å². The van der Waals surface area contributed by atoms with E-state index < -0.39 is 0 Å². The molecule has 0 aliphatic rings. The van der Waals surface area contributed by atoms with Crippen molar-refractivity contribution in [1.82, 2.24) is 0 Å². The van der Waals surface area contributed by atoms with Gasteiger partial charge in [0.05, 0.1) is 6.61 Å². The lowest BCUT2D eigenvalue weighted by Gasteiger charge is -2.14. The molecular formula is C13H20FNO2. The van der Waals surface area contributed by atoms with Gasteiger partial charge in [0.2, 0.25) is 0 Å². The molecule has 3 nitrogen and oxygen atoms in total. The van der Waals surface area contributed by atoms with Crippen molar-refractivity contribution in [1.29, 1.82) is 0 Å². The van der Waals surface area contributed by atoms with Gasteiger partial charge >= 0.3 is 0 Å². The Hall–Kier alpha value is -1.13. The fraction of sp³-hybridized carbons (Fsp3) is 0.538. The summed E-state index contributed by atoms with van der Waals surface area (Å²) in [5.41, 5.74) is 6.44. The van der Waals surface area contributed by atoms with E-state index in [0.717, 1.165) is 13.0 Å². The second-order valence-electron chi connectivity index (χ2n) is 3.93. The standard InChI is InChI=1S/C13H20FNO2/c1-3-6-16-7-8-17-13-5-4-11(14)9-12(13)10(2)15/h4-5,9-10H,3,6-8,15H2,1-2H3/t10-/m1/s1. The molecule has 0 aliphatic heterocycles. The van der Waals surface area contributed by atoms with Crippen LogP contribution in [0.1, 0.15) is 31.9 Å². The molecule has 0 aliphatic carbocycles. The molecule has 2 N–H and O–H groups in total. The number of ether oxygens (including phenoxy) is 2. The highest BCUT2D eigenvalue weighted by molar-refractivity contribution is 5.36. The highest BCUT2D eigenvalue weighted by Crippen LogP contribution is 2.24. The normalized spacial score (nSPS) is 12.5. The van der Waals surface area contributed by atoms with Crippen LogP contribution in [0.5, 0.6) is 5.75 Å². The first-order chi connectivity index (χ1) is 8.15. The van der Waals surface area contributed by atoms with Crippen molar-refractivity contribution >= 4 is 0 Å². The molecular weight excluding hydrogens is 221 g/mol. The lowest BCUT2D eigenvalue weighted by Crippen LogP contribution is -2.12. The first-order valence-corrected chi connectivity index (χ1v) is 5.90. The van der Waals surface area contributed by atoms with E-state index in [1.54, 1.807) is 13.0 Å². The third kappa shape index (κ3) is 4.71. The molecule has 1 aromatic carbocycles. The summed E-state index contributed by atoms with van der Waals surface area (Å²) in [6.07, 6.45) is 0.988. The summed E-state index contributed by atoms with van der Waals surface area (Å²) in [4.78, 5) is 0. The summed E-state index contributed by atoms with van der Waals surface area (Å²) < 4.78 is 23.9. The molecule has 0 aromatic heterocycles. The fourth-order valence-electron chi connectivity index (χ4n) is 1.46. The maximum Gasteiger partial charge on any atom is 0.124 e. The average molecular weight is 241 g/mol. The van der Waals surface area contributed by atoms with E-state index in [1.807, 2.05) is 0 Å². The Kier molecular flexibility index (Phi) is 5.94. The van der Waals surface area contributed by atoms with Crippen LogP contribution in [0.15, 0.2) is 18.2 Å². The van der Waals surface area contributed by atoms with Crippen LogP contribution in [-0.4, -0.2) is 19.8 Å². The highest BCUT2D eigenvalue weighted by Gasteiger charge is 2.09. The molecule has 0 amide bonds. The van der Waals surface area contributed by atoms with Gasteiger partial charge in [0.15, 0.2) is 0 Å². The minimum atomic E-state index is -0.299. The molecule has 0 unspecified atom stereocenters. The van der Waals surface area contributed by atoms with Crippen molar-refractivity contribution in [3.8, 4) is 5.75 Å². The molecule has 17 heavy (non-hydrogen) atoms. The summed E-state index contributed by atoms with van der Waals surface area (Å²) in [5, 5.41) is 0. The van der Waals surface area contributed by atoms with E-state index in [2.05, 4.69) is 6.92 Å². The van der Waals surface area contributed by atoms with Crippen molar-refractivity contribution in [2.45, 2.75) is 26.3 Å². The maximum absolute atomic E-state index is 13.1. The van der Waals surface area contributed by atoms with Gasteiger partial charge in [0.1, 0.15) is 18.2 Å². The zero-order valence-corrected chi connectivity index (χ0v) is 10.4. The lowest BCUT2D eigenvalue weighted by atomic mass is 10.1. The van der Waals surface area contributed by atoms with Crippen LogP contribution in [0.2, 0.25) is 0 Å². The largest absolute Gasteiger partial charge is 0.491 e. The van der Waals surface area contributed by atoms with Crippen LogP contribution < -0.4 is 10.5 Å². The first kappa shape index (κ1) is 13.9. The topological polar surface area (TPSA) is 44.5 Å². The van der Waals surface area contributed by atoms with Crippen LogP contribution in [0.3, 0.4) is 0 Å². The number of hydrogen-bond donors (Lipinski definition) is 1. The molecule has 0 bridgehead atoms. The third-order valence-corrected chi connectivity index (χ3v) is 2.30. The zero-order valence-electron chi connectivity index (χ0n) is 10.4. The second-order valence-corrected chi connectivity index (χ2v) is 3.93. The average Bonchev–Trinajstić information content (AvgIpc) is 2.30. The van der Waals surface area contributed by atoms with Gasteiger partial charge < -0.3 is 15.2 Å². The van der Waals surface area contributed by atoms with E-state index in [1.165, 1.54) is 12.1 Å². The Balaban J connectivity index is 2.52. The molecule has 0 radical (unpaired) electrons. The van der Waals surface area contributed by atoms with E-state index in [4.69, 9.17) is 15.2 Å². The molecule has 1 atom stereocenters. The Labute approximate surface area is 102 Å². The van der Waals surface area contributed by atoms with Gasteiger partial charge in [-0.25, -0.2) is 4.39 Å². The number of nitrogens with two attached hydrogens (primary N) is 1. The third-order valence-electron chi connectivity index (χ3n) is 2.30. The molecule has 1 aromatic rings. The van der Waals surface area contributed by atoms with Gasteiger partial charge in [-0.3, -0.25) is 0 Å². The lowest BCUT2D eigenvalue weighted by molar-refractivity contribution is 0.100. The molecule has 0 fully saturated rings. The van der Waals surface area contributed by atoms with Gasteiger partial charge in [0, 0.05) is 18.2 Å². The zero-order chi connectivity index (χ0) is 12.7. The highest BCUT2D eigenvalue weighted by atomic mass is 19.1. The van der Waals surface area contributed by atoms with Crippen molar-refractivity contribution in [3.05, 3.63) is 29.6 Å². The summed E-state index contributed by atoms with van der Waals surface area (Å²) in [7, 11) is 0. The predicted molar refractivity (Wildman–Crippen MR) is 65.6 cm³/mol. The van der Waals surface area contributed by atoms with Crippen LogP contribution in [-0.2, 0) is 4.74 Å². The summed E-state index contributed by atoms with van der Waals surface area (Å²) >= 11 is 0. The van der Waals surface area contributed by atoms with E-state index in [-0.39, 0.29) is 11.9 Å². The Bertz CT molecular complexity index is 342. The number of halogens is 1. The monoisotopic (exact) mass is 241 g/mol. The summed E-state index contributed by atoms with van der Waals surface area (Å²) in [6.45, 7) is 5.56. The number of hydrogen-bond acceptors (Lipinski definition) is 3. The first-order valence-electron chi connectivity index (χ1n) is 5.90. The number of benzene rings is 1. The smallest absolute Gasteiger partial charge is 0.124 e. The van der Waals surface area contributed by atoms with Gasteiger partial charge in [-0.15, -0.1) is 0 Å². The quantitative estimate of drug-likeness (QED) is 0.746. The number of rotatable bonds is 7. The summed E-state index contributed by atoms with van der Waals surface area (Å²) in [5.74, 6) is 0.327. The van der Waals surface area contributed by atoms with Crippen LogP contribution >= 0.6 is 0 Å². The molecule has 0 spiro atoms. The van der Waals surface area contributed by atoms with Crippen LogP contribution in [0.25, 0.3) is 0 Å². The molecule has 0 saturated carbocycles. The Morgan fingerprint density at radius 1 is 1.29 bits per heavy atom. The molecule has 0 saturated heterocycles. The predicted octanol–water partition coefficient (Wildman–Crippen LogP) is 2.65. The van der Waals surface area contributed by atoms with Crippen LogP contribution in [0, 0.1) is 5.82 Å². The second kappa shape index (κ2) is 7.25. The SMILES string of the molecule is CCCOCCOc1ccc(F)cc1[C@@H](C)N. The summed E-state index contributed by atoms with van der Waals surface area (Å²) in [6, 6.07) is 4.13. The van der Waals surface area contributed by atoms with E-state index >= 15 is 0 Å². The van der Waals surface area contributed by atoms with Crippen molar-refractivity contribution in [3.63, 3.8) is 0 Å². The van der Waals surface area contributed by atoms with Crippen molar-refractivity contribution in [2.75, 3.05) is 19.8 Å². The minimum Gasteiger partial charge on any atom is -0.491 e. The van der Waals surface area contributed by atoms with E-state index in [9.17, 15) is 4.39 Å². The molecule has 4 heteroatoms.